The number of thiazole rings is 1. The minimum atomic E-state index is -4.35. The van der Waals surface area contributed by atoms with Crippen LogP contribution in [0.1, 0.15) is 27.9 Å². The van der Waals surface area contributed by atoms with Crippen molar-refractivity contribution in [1.82, 2.24) is 20.1 Å². The predicted octanol–water partition coefficient (Wildman–Crippen LogP) is 3.71. The molecule has 3 heterocycles. The monoisotopic (exact) mass is 380 g/mol. The van der Waals surface area contributed by atoms with Crippen molar-refractivity contribution in [3.05, 3.63) is 63.9 Å². The summed E-state index contributed by atoms with van der Waals surface area (Å²) in [7, 11) is 0. The number of hydrogen-bond donors (Lipinski definition) is 1. The minimum absolute atomic E-state index is 0.0363. The maximum absolute atomic E-state index is 12.7. The number of alkyl halides is 3. The molecule has 1 atom stereocenters. The van der Waals surface area contributed by atoms with Gasteiger partial charge in [-0.25, -0.2) is 9.67 Å². The fourth-order valence-electron chi connectivity index (χ4n) is 2.92. The van der Waals surface area contributed by atoms with E-state index in [-0.39, 0.29) is 6.04 Å². The van der Waals surface area contributed by atoms with Crippen LogP contribution in [0.3, 0.4) is 0 Å². The molecule has 0 unspecified atom stereocenters. The minimum Gasteiger partial charge on any atom is -0.373 e. The summed E-state index contributed by atoms with van der Waals surface area (Å²) in [5.74, 6) is 0. The van der Waals surface area contributed by atoms with E-state index in [2.05, 4.69) is 15.4 Å². The first kappa shape index (κ1) is 17.2. The van der Waals surface area contributed by atoms with Crippen LogP contribution in [0.2, 0.25) is 0 Å². The Morgan fingerprint density at radius 2 is 2.08 bits per heavy atom. The highest BCUT2D eigenvalue weighted by Gasteiger charge is 2.30. The molecule has 0 amide bonds. The first-order chi connectivity index (χ1) is 12.5. The van der Waals surface area contributed by atoms with E-state index >= 15 is 0 Å². The molecule has 1 aliphatic rings. The molecule has 0 spiro atoms. The Hall–Kier alpha value is -2.23. The van der Waals surface area contributed by atoms with Crippen molar-refractivity contribution in [1.29, 1.82) is 0 Å². The molecule has 0 aliphatic carbocycles. The van der Waals surface area contributed by atoms with E-state index in [9.17, 15) is 13.2 Å². The topological polar surface area (TPSA) is 52.0 Å². The number of aromatic nitrogens is 3. The van der Waals surface area contributed by atoms with Gasteiger partial charge in [-0.3, -0.25) is 0 Å². The van der Waals surface area contributed by atoms with Crippen molar-refractivity contribution < 1.29 is 17.9 Å². The molecule has 1 aromatic carbocycles. The highest BCUT2D eigenvalue weighted by molar-refractivity contribution is 7.09. The van der Waals surface area contributed by atoms with Crippen molar-refractivity contribution in [3.8, 4) is 5.69 Å². The Morgan fingerprint density at radius 1 is 1.27 bits per heavy atom. The molecule has 1 aliphatic heterocycles. The molecule has 136 valence electrons. The van der Waals surface area contributed by atoms with Crippen LogP contribution in [0.5, 0.6) is 0 Å². The second-order valence-electron chi connectivity index (χ2n) is 5.88. The molecular formula is C17H15F3N4OS. The van der Waals surface area contributed by atoms with E-state index in [1.807, 2.05) is 5.38 Å². The Kier molecular flexibility index (Phi) is 4.51. The highest BCUT2D eigenvalue weighted by atomic mass is 32.1. The SMILES string of the molecule is FC(F)(F)c1ccc(-n2ncc3c2COC[C@H]3NCc2nccs2)cc1. The summed E-state index contributed by atoms with van der Waals surface area (Å²) >= 11 is 1.57. The van der Waals surface area contributed by atoms with E-state index in [1.165, 1.54) is 12.1 Å². The van der Waals surface area contributed by atoms with E-state index in [4.69, 9.17) is 4.74 Å². The van der Waals surface area contributed by atoms with Crippen LogP contribution in [-0.4, -0.2) is 21.4 Å². The Bertz CT molecular complexity index is 875. The van der Waals surface area contributed by atoms with Crippen molar-refractivity contribution in [2.24, 2.45) is 0 Å². The molecule has 0 bridgehead atoms. The van der Waals surface area contributed by atoms with Gasteiger partial charge in [0.2, 0.25) is 0 Å². The number of halogens is 3. The maximum Gasteiger partial charge on any atom is 0.416 e. The van der Waals surface area contributed by atoms with Gasteiger partial charge in [-0.15, -0.1) is 11.3 Å². The van der Waals surface area contributed by atoms with Gasteiger partial charge in [0.05, 0.1) is 42.4 Å². The standard InChI is InChI=1S/C17H15F3N4OS/c18-17(19,20)11-1-3-12(4-2-11)24-15-10-25-9-14(13(15)7-23-24)22-8-16-21-5-6-26-16/h1-7,14,22H,8-10H2/t14-/m1/s1. The normalized spacial score (nSPS) is 17.3. The van der Waals surface area contributed by atoms with Gasteiger partial charge in [-0.2, -0.15) is 18.3 Å². The molecular weight excluding hydrogens is 365 g/mol. The van der Waals surface area contributed by atoms with Crippen LogP contribution in [-0.2, 0) is 24.1 Å². The van der Waals surface area contributed by atoms with Crippen LogP contribution in [0.15, 0.2) is 42.0 Å². The third-order valence-corrected chi connectivity index (χ3v) is 5.00. The average Bonchev–Trinajstić information content (AvgIpc) is 3.29. The Balaban J connectivity index is 1.56. The van der Waals surface area contributed by atoms with E-state index in [0.717, 1.165) is 28.4 Å². The van der Waals surface area contributed by atoms with Crippen LogP contribution >= 0.6 is 11.3 Å². The number of fused-ring (bicyclic) bond motifs is 1. The summed E-state index contributed by atoms with van der Waals surface area (Å²) in [6, 6.07) is 4.92. The summed E-state index contributed by atoms with van der Waals surface area (Å²) in [5, 5.41) is 10.7. The average molecular weight is 380 g/mol. The zero-order chi connectivity index (χ0) is 18.1. The van der Waals surface area contributed by atoms with E-state index in [1.54, 1.807) is 28.4 Å². The lowest BCUT2D eigenvalue weighted by Gasteiger charge is -2.24. The molecule has 1 N–H and O–H groups in total. The van der Waals surface area contributed by atoms with Gasteiger partial charge in [0.15, 0.2) is 0 Å². The van der Waals surface area contributed by atoms with Crippen molar-refractivity contribution >= 4 is 11.3 Å². The molecule has 3 aromatic rings. The summed E-state index contributed by atoms with van der Waals surface area (Å²) in [5.41, 5.74) is 1.73. The quantitative estimate of drug-likeness (QED) is 0.750. The summed E-state index contributed by atoms with van der Waals surface area (Å²) in [6.45, 7) is 1.50. The van der Waals surface area contributed by atoms with E-state index < -0.39 is 11.7 Å². The third-order valence-electron chi connectivity index (χ3n) is 4.22. The second kappa shape index (κ2) is 6.82. The third kappa shape index (κ3) is 3.37. The molecule has 26 heavy (non-hydrogen) atoms. The first-order valence-electron chi connectivity index (χ1n) is 7.96. The molecule has 0 fully saturated rings. The predicted molar refractivity (Wildman–Crippen MR) is 89.9 cm³/mol. The maximum atomic E-state index is 12.7. The van der Waals surface area contributed by atoms with Crippen molar-refractivity contribution in [2.45, 2.75) is 25.4 Å². The smallest absolute Gasteiger partial charge is 0.373 e. The number of hydrogen-bond acceptors (Lipinski definition) is 5. The summed E-state index contributed by atoms with van der Waals surface area (Å²) in [4.78, 5) is 4.24. The van der Waals surface area contributed by atoms with Gasteiger partial charge in [0, 0.05) is 23.7 Å². The number of ether oxygens (including phenoxy) is 1. The lowest BCUT2D eigenvalue weighted by molar-refractivity contribution is -0.137. The molecule has 0 radical (unpaired) electrons. The summed E-state index contributed by atoms with van der Waals surface area (Å²) in [6.07, 6.45) is -0.849. The van der Waals surface area contributed by atoms with Crippen LogP contribution in [0, 0.1) is 0 Å². The molecule has 0 saturated heterocycles. The van der Waals surface area contributed by atoms with Crippen LogP contribution in [0.25, 0.3) is 5.69 Å². The van der Waals surface area contributed by atoms with Gasteiger partial charge in [0.1, 0.15) is 5.01 Å². The van der Waals surface area contributed by atoms with Gasteiger partial charge >= 0.3 is 6.18 Å². The van der Waals surface area contributed by atoms with Gasteiger partial charge < -0.3 is 10.1 Å². The zero-order valence-electron chi connectivity index (χ0n) is 13.5. The largest absolute Gasteiger partial charge is 0.416 e. The van der Waals surface area contributed by atoms with Gasteiger partial charge in [-0.1, -0.05) is 0 Å². The Morgan fingerprint density at radius 3 is 2.77 bits per heavy atom. The Labute approximate surface area is 151 Å². The van der Waals surface area contributed by atoms with Crippen molar-refractivity contribution in [2.75, 3.05) is 6.61 Å². The first-order valence-corrected chi connectivity index (χ1v) is 8.84. The molecule has 5 nitrogen and oxygen atoms in total. The fraction of sp³-hybridized carbons (Fsp3) is 0.294. The fourth-order valence-corrected chi connectivity index (χ4v) is 3.49. The van der Waals surface area contributed by atoms with Crippen molar-refractivity contribution in [3.63, 3.8) is 0 Å². The molecule has 0 saturated carbocycles. The van der Waals surface area contributed by atoms with Gasteiger partial charge in [-0.05, 0) is 24.3 Å². The lowest BCUT2D eigenvalue weighted by atomic mass is 10.1. The number of rotatable bonds is 4. The van der Waals surface area contributed by atoms with Crippen LogP contribution < -0.4 is 5.32 Å². The van der Waals surface area contributed by atoms with Gasteiger partial charge in [0.25, 0.3) is 0 Å². The lowest BCUT2D eigenvalue weighted by Crippen LogP contribution is -2.29. The number of nitrogens with one attached hydrogen (secondary N) is 1. The number of benzene rings is 1. The van der Waals surface area contributed by atoms with E-state index in [0.29, 0.717) is 25.4 Å². The van der Waals surface area contributed by atoms with Crippen LogP contribution in [0.4, 0.5) is 13.2 Å². The zero-order valence-corrected chi connectivity index (χ0v) is 14.3. The molecule has 2 aromatic heterocycles. The molecule has 9 heteroatoms. The molecule has 4 rings (SSSR count). The summed E-state index contributed by atoms with van der Waals surface area (Å²) < 4.78 is 45.5. The highest BCUT2D eigenvalue weighted by Crippen LogP contribution is 2.31. The number of nitrogens with zero attached hydrogens (tertiary/aromatic N) is 3. The second-order valence-corrected chi connectivity index (χ2v) is 6.86.